The summed E-state index contributed by atoms with van der Waals surface area (Å²) in [6.45, 7) is 6.28. The van der Waals surface area contributed by atoms with Crippen molar-refractivity contribution >= 4 is 40.4 Å². The maximum absolute atomic E-state index is 7.44. The number of aromatic amines is 1. The second-order valence-corrected chi connectivity index (χ2v) is 6.83. The van der Waals surface area contributed by atoms with Gasteiger partial charge in [0, 0.05) is 41.9 Å². The van der Waals surface area contributed by atoms with E-state index < -0.39 is 0 Å². The van der Waals surface area contributed by atoms with Crippen LogP contribution in [-0.4, -0.2) is 33.8 Å². The van der Waals surface area contributed by atoms with Crippen LogP contribution in [0.3, 0.4) is 0 Å². The van der Waals surface area contributed by atoms with Crippen LogP contribution in [0, 0.1) is 5.41 Å². The van der Waals surface area contributed by atoms with E-state index in [1.807, 2.05) is 37.5 Å². The molecule has 0 bridgehead atoms. The summed E-state index contributed by atoms with van der Waals surface area (Å²) in [7, 11) is 1.83. The van der Waals surface area contributed by atoms with E-state index in [0.717, 1.165) is 33.8 Å². The molecule has 2 heterocycles. The SMILES string of the molecule is CNc1cc(Nc2nc(NC(C)(C)C)c3cc[nH]c3n2)ccc1C=N. The third-order valence-corrected chi connectivity index (χ3v) is 3.64. The number of nitrogens with one attached hydrogen (secondary N) is 5. The molecule has 130 valence electrons. The molecule has 0 unspecified atom stereocenters. The third kappa shape index (κ3) is 3.71. The number of benzene rings is 1. The van der Waals surface area contributed by atoms with Gasteiger partial charge in [0.15, 0.2) is 0 Å². The maximum Gasteiger partial charge on any atom is 0.231 e. The van der Waals surface area contributed by atoms with Crippen molar-refractivity contribution in [1.29, 1.82) is 5.41 Å². The van der Waals surface area contributed by atoms with Crippen molar-refractivity contribution in [3.63, 3.8) is 0 Å². The standard InChI is InChI=1S/C18H23N7/c1-18(2,3)25-16-13-7-8-21-15(13)23-17(24-16)22-12-6-5-11(10-19)14(9-12)20-4/h5-10,19-20H,1-4H3,(H3,21,22,23,24,25). The number of hydrogen-bond acceptors (Lipinski definition) is 6. The number of nitrogens with zero attached hydrogens (tertiary/aromatic N) is 2. The molecule has 3 aromatic rings. The highest BCUT2D eigenvalue weighted by atomic mass is 15.2. The summed E-state index contributed by atoms with van der Waals surface area (Å²) in [5, 5.41) is 18.2. The van der Waals surface area contributed by atoms with Crippen molar-refractivity contribution in [2.24, 2.45) is 0 Å². The van der Waals surface area contributed by atoms with E-state index in [9.17, 15) is 0 Å². The van der Waals surface area contributed by atoms with Crippen LogP contribution >= 0.6 is 0 Å². The minimum atomic E-state index is -0.110. The molecule has 0 radical (unpaired) electrons. The van der Waals surface area contributed by atoms with Crippen molar-refractivity contribution in [3.05, 3.63) is 36.0 Å². The van der Waals surface area contributed by atoms with Gasteiger partial charge in [0.2, 0.25) is 5.95 Å². The lowest BCUT2D eigenvalue weighted by atomic mass is 10.1. The van der Waals surface area contributed by atoms with Gasteiger partial charge in [-0.2, -0.15) is 9.97 Å². The molecule has 0 aliphatic rings. The highest BCUT2D eigenvalue weighted by Crippen LogP contribution is 2.26. The molecule has 0 atom stereocenters. The number of hydrogen-bond donors (Lipinski definition) is 5. The molecule has 0 saturated carbocycles. The molecule has 3 rings (SSSR count). The smallest absolute Gasteiger partial charge is 0.231 e. The topological polar surface area (TPSA) is 102 Å². The fourth-order valence-corrected chi connectivity index (χ4v) is 2.55. The second kappa shape index (κ2) is 6.43. The first-order valence-corrected chi connectivity index (χ1v) is 8.12. The van der Waals surface area contributed by atoms with Crippen molar-refractivity contribution in [2.45, 2.75) is 26.3 Å². The van der Waals surface area contributed by atoms with Crippen molar-refractivity contribution < 1.29 is 0 Å². The number of H-pyrrole nitrogens is 1. The van der Waals surface area contributed by atoms with Crippen molar-refractivity contribution in [2.75, 3.05) is 23.0 Å². The molecule has 0 saturated heterocycles. The average molecular weight is 337 g/mol. The average Bonchev–Trinajstić information content (AvgIpc) is 3.02. The molecule has 5 N–H and O–H groups in total. The van der Waals surface area contributed by atoms with E-state index in [1.165, 1.54) is 6.21 Å². The lowest BCUT2D eigenvalue weighted by Gasteiger charge is -2.22. The molecule has 7 nitrogen and oxygen atoms in total. The Kier molecular flexibility index (Phi) is 4.31. The van der Waals surface area contributed by atoms with Gasteiger partial charge in [-0.3, -0.25) is 0 Å². The van der Waals surface area contributed by atoms with Crippen LogP contribution in [0.4, 0.5) is 23.1 Å². The van der Waals surface area contributed by atoms with Crippen LogP contribution in [0.2, 0.25) is 0 Å². The zero-order valence-corrected chi connectivity index (χ0v) is 14.9. The van der Waals surface area contributed by atoms with Gasteiger partial charge in [0.25, 0.3) is 0 Å². The molecule has 25 heavy (non-hydrogen) atoms. The van der Waals surface area contributed by atoms with Crippen LogP contribution in [0.25, 0.3) is 11.0 Å². The van der Waals surface area contributed by atoms with Gasteiger partial charge < -0.3 is 26.3 Å². The Bertz CT molecular complexity index is 905. The maximum atomic E-state index is 7.44. The Hall–Kier alpha value is -3.09. The molecule has 0 aliphatic carbocycles. The fraction of sp³-hybridized carbons (Fsp3) is 0.278. The first kappa shape index (κ1) is 16.8. The van der Waals surface area contributed by atoms with E-state index in [-0.39, 0.29) is 5.54 Å². The monoisotopic (exact) mass is 337 g/mol. The van der Waals surface area contributed by atoms with Crippen LogP contribution in [0.1, 0.15) is 26.3 Å². The Balaban J connectivity index is 1.97. The summed E-state index contributed by atoms with van der Waals surface area (Å²) >= 11 is 0. The van der Waals surface area contributed by atoms with Gasteiger partial charge in [-0.15, -0.1) is 0 Å². The number of rotatable bonds is 5. The van der Waals surface area contributed by atoms with Gasteiger partial charge >= 0.3 is 0 Å². The van der Waals surface area contributed by atoms with Crippen molar-refractivity contribution in [1.82, 2.24) is 15.0 Å². The highest BCUT2D eigenvalue weighted by Gasteiger charge is 2.15. The Morgan fingerprint density at radius 1 is 1.16 bits per heavy atom. The summed E-state index contributed by atoms with van der Waals surface area (Å²) in [6, 6.07) is 7.67. The first-order valence-electron chi connectivity index (χ1n) is 8.12. The van der Waals surface area contributed by atoms with Crippen LogP contribution in [0.15, 0.2) is 30.5 Å². The zero-order valence-electron chi connectivity index (χ0n) is 14.9. The Morgan fingerprint density at radius 3 is 2.64 bits per heavy atom. The summed E-state index contributed by atoms with van der Waals surface area (Å²) < 4.78 is 0. The molecule has 7 heteroatoms. The van der Waals surface area contributed by atoms with Crippen LogP contribution < -0.4 is 16.0 Å². The van der Waals surface area contributed by atoms with Crippen LogP contribution in [-0.2, 0) is 0 Å². The summed E-state index contributed by atoms with van der Waals surface area (Å²) in [4.78, 5) is 12.3. The quantitative estimate of drug-likeness (QED) is 0.454. The zero-order chi connectivity index (χ0) is 18.0. The van der Waals surface area contributed by atoms with Gasteiger partial charge in [-0.1, -0.05) is 0 Å². The number of aromatic nitrogens is 3. The summed E-state index contributed by atoms with van der Waals surface area (Å²) in [5.74, 6) is 1.29. The normalized spacial score (nSPS) is 11.4. The molecule has 0 amide bonds. The van der Waals surface area contributed by atoms with Gasteiger partial charge in [-0.25, -0.2) is 0 Å². The van der Waals surface area contributed by atoms with E-state index >= 15 is 0 Å². The van der Waals surface area contributed by atoms with E-state index in [2.05, 4.69) is 51.7 Å². The highest BCUT2D eigenvalue weighted by molar-refractivity contribution is 5.89. The van der Waals surface area contributed by atoms with E-state index in [0.29, 0.717) is 5.95 Å². The molecule has 0 fully saturated rings. The molecular formula is C18H23N7. The third-order valence-electron chi connectivity index (χ3n) is 3.64. The summed E-state index contributed by atoms with van der Waals surface area (Å²) in [5.41, 5.74) is 3.20. The predicted octanol–water partition coefficient (Wildman–Crippen LogP) is 3.95. The fourth-order valence-electron chi connectivity index (χ4n) is 2.55. The number of anilines is 4. The molecule has 1 aromatic carbocycles. The van der Waals surface area contributed by atoms with Gasteiger partial charge in [-0.05, 0) is 45.0 Å². The van der Waals surface area contributed by atoms with E-state index in [4.69, 9.17) is 5.41 Å². The number of fused-ring (bicyclic) bond motifs is 1. The summed E-state index contributed by atoms with van der Waals surface area (Å²) in [6.07, 6.45) is 3.18. The van der Waals surface area contributed by atoms with Crippen LogP contribution in [0.5, 0.6) is 0 Å². The molecule has 0 spiro atoms. The van der Waals surface area contributed by atoms with E-state index in [1.54, 1.807) is 0 Å². The molecule has 2 aromatic heterocycles. The minimum Gasteiger partial charge on any atom is -0.388 e. The second-order valence-electron chi connectivity index (χ2n) is 6.83. The molecule has 0 aliphatic heterocycles. The lowest BCUT2D eigenvalue weighted by molar-refractivity contribution is 0.631. The first-order chi connectivity index (χ1) is 11.9. The molecular weight excluding hydrogens is 314 g/mol. The van der Waals surface area contributed by atoms with Gasteiger partial charge in [0.05, 0.1) is 5.39 Å². The van der Waals surface area contributed by atoms with Gasteiger partial charge in [0.1, 0.15) is 11.5 Å². The Morgan fingerprint density at radius 2 is 1.96 bits per heavy atom. The largest absolute Gasteiger partial charge is 0.388 e. The minimum absolute atomic E-state index is 0.110. The Labute approximate surface area is 146 Å². The van der Waals surface area contributed by atoms with Crippen molar-refractivity contribution in [3.8, 4) is 0 Å². The predicted molar refractivity (Wildman–Crippen MR) is 104 cm³/mol. The lowest BCUT2D eigenvalue weighted by Crippen LogP contribution is -2.27.